The molecule has 2 aliphatic rings. The zero-order chi connectivity index (χ0) is 21.8. The van der Waals surface area contributed by atoms with Gasteiger partial charge in [0, 0.05) is 56.5 Å². The first kappa shape index (κ1) is 21.6. The highest BCUT2D eigenvalue weighted by Gasteiger charge is 2.42. The summed E-state index contributed by atoms with van der Waals surface area (Å²) >= 11 is 1.51. The first-order chi connectivity index (χ1) is 15.1. The summed E-state index contributed by atoms with van der Waals surface area (Å²) in [6.45, 7) is 8.67. The lowest BCUT2D eigenvalue weighted by atomic mass is 10.1. The molecule has 0 N–H and O–H groups in total. The number of carbonyl (C=O) groups excluding carboxylic acids is 2. The molecule has 1 aromatic heterocycles. The largest absolute Gasteiger partial charge is 0.382 e. The Labute approximate surface area is 187 Å². The molecule has 0 bridgehead atoms. The van der Waals surface area contributed by atoms with Gasteiger partial charge in [-0.3, -0.25) is 14.5 Å². The minimum atomic E-state index is -0.180. The number of nitrogens with zero attached hydrogens (tertiary/aromatic N) is 3. The van der Waals surface area contributed by atoms with Gasteiger partial charge in [0.05, 0.1) is 5.57 Å². The molecule has 2 aliphatic heterocycles. The van der Waals surface area contributed by atoms with Crippen LogP contribution in [0.5, 0.6) is 0 Å². The molecule has 0 spiro atoms. The molecule has 1 saturated heterocycles. The number of thiophene rings is 1. The van der Waals surface area contributed by atoms with Crippen molar-refractivity contribution < 1.29 is 14.3 Å². The number of hydrogen-bond acceptors (Lipinski definition) is 6. The Hall–Kier alpha value is -2.64. The Morgan fingerprint density at radius 1 is 1.00 bits per heavy atom. The summed E-state index contributed by atoms with van der Waals surface area (Å²) in [5.41, 5.74) is 3.56. The van der Waals surface area contributed by atoms with E-state index in [1.165, 1.54) is 27.5 Å². The van der Waals surface area contributed by atoms with Crippen LogP contribution >= 0.6 is 11.3 Å². The van der Waals surface area contributed by atoms with E-state index in [1.54, 1.807) is 0 Å². The third kappa shape index (κ3) is 4.52. The monoisotopic (exact) mass is 439 g/mol. The average molecular weight is 440 g/mol. The van der Waals surface area contributed by atoms with Crippen LogP contribution in [0.3, 0.4) is 0 Å². The van der Waals surface area contributed by atoms with Crippen molar-refractivity contribution in [2.45, 2.75) is 20.3 Å². The molecule has 7 heteroatoms. The van der Waals surface area contributed by atoms with Gasteiger partial charge in [0.2, 0.25) is 0 Å². The number of ether oxygens (including phenoxy) is 1. The van der Waals surface area contributed by atoms with Crippen LogP contribution in [0.1, 0.15) is 23.8 Å². The van der Waals surface area contributed by atoms with Gasteiger partial charge in [-0.1, -0.05) is 18.2 Å². The van der Waals surface area contributed by atoms with Gasteiger partial charge in [-0.2, -0.15) is 0 Å². The van der Waals surface area contributed by atoms with E-state index >= 15 is 0 Å². The fourth-order valence-corrected chi connectivity index (χ4v) is 4.95. The van der Waals surface area contributed by atoms with E-state index in [9.17, 15) is 9.59 Å². The Morgan fingerprint density at radius 3 is 2.45 bits per heavy atom. The molecule has 31 heavy (non-hydrogen) atoms. The molecular formula is C24H29N3O3S. The number of imide groups is 1. The standard InChI is InChI=1S/C24H29N3O3S/c1-3-30-15-6-10-27-23(28)21(20-9-5-16-31-20)22(24(27)29)26-13-11-25(12-14-26)19-8-4-7-18(2)17-19/h4-5,7-9,16-17H,3,6,10-15H2,1-2H3. The summed E-state index contributed by atoms with van der Waals surface area (Å²) in [5.74, 6) is -0.353. The molecule has 2 amide bonds. The smallest absolute Gasteiger partial charge is 0.277 e. The minimum Gasteiger partial charge on any atom is -0.382 e. The molecule has 0 saturated carbocycles. The summed E-state index contributed by atoms with van der Waals surface area (Å²) in [6.07, 6.45) is 0.650. The molecule has 0 radical (unpaired) electrons. The number of anilines is 1. The second kappa shape index (κ2) is 9.66. The second-order valence-electron chi connectivity index (χ2n) is 7.83. The van der Waals surface area contributed by atoms with Crippen molar-refractivity contribution in [3.05, 3.63) is 57.9 Å². The molecule has 0 unspecified atom stereocenters. The number of benzene rings is 1. The third-order valence-corrected chi connectivity index (χ3v) is 6.64. The van der Waals surface area contributed by atoms with Crippen molar-refractivity contribution >= 4 is 34.4 Å². The Morgan fingerprint density at radius 2 is 1.77 bits per heavy atom. The molecule has 6 nitrogen and oxygen atoms in total. The van der Waals surface area contributed by atoms with Crippen LogP contribution in [-0.4, -0.2) is 67.6 Å². The van der Waals surface area contributed by atoms with Gasteiger partial charge in [-0.05, 0) is 49.4 Å². The summed E-state index contributed by atoms with van der Waals surface area (Å²) in [4.78, 5) is 33.3. The second-order valence-corrected chi connectivity index (χ2v) is 8.77. The van der Waals surface area contributed by atoms with E-state index in [-0.39, 0.29) is 11.8 Å². The minimum absolute atomic E-state index is 0.172. The number of amides is 2. The lowest BCUT2D eigenvalue weighted by molar-refractivity contribution is -0.137. The zero-order valence-corrected chi connectivity index (χ0v) is 19.0. The maximum Gasteiger partial charge on any atom is 0.277 e. The first-order valence-corrected chi connectivity index (χ1v) is 11.8. The first-order valence-electron chi connectivity index (χ1n) is 10.9. The van der Waals surface area contributed by atoms with Crippen LogP contribution < -0.4 is 4.90 Å². The lowest BCUT2D eigenvalue weighted by Gasteiger charge is -2.37. The predicted molar refractivity (Wildman–Crippen MR) is 124 cm³/mol. The Balaban J connectivity index is 1.53. The van der Waals surface area contributed by atoms with Crippen molar-refractivity contribution in [1.29, 1.82) is 0 Å². The lowest BCUT2D eigenvalue weighted by Crippen LogP contribution is -2.47. The average Bonchev–Trinajstić information content (AvgIpc) is 3.38. The van der Waals surface area contributed by atoms with Crippen LogP contribution in [0.2, 0.25) is 0 Å². The number of rotatable bonds is 8. The van der Waals surface area contributed by atoms with Gasteiger partial charge in [0.15, 0.2) is 0 Å². The quantitative estimate of drug-likeness (QED) is 0.466. The molecule has 164 valence electrons. The van der Waals surface area contributed by atoms with Crippen LogP contribution in [0.4, 0.5) is 5.69 Å². The highest BCUT2D eigenvalue weighted by Crippen LogP contribution is 2.34. The fraction of sp³-hybridized carbons (Fsp3) is 0.417. The SMILES string of the molecule is CCOCCCN1C(=O)C(c2cccs2)=C(N2CCN(c3cccc(C)c3)CC2)C1=O. The zero-order valence-electron chi connectivity index (χ0n) is 18.2. The highest BCUT2D eigenvalue weighted by molar-refractivity contribution is 7.11. The van der Waals surface area contributed by atoms with Gasteiger partial charge in [-0.15, -0.1) is 11.3 Å². The van der Waals surface area contributed by atoms with E-state index in [0.717, 1.165) is 18.0 Å². The highest BCUT2D eigenvalue weighted by atomic mass is 32.1. The topological polar surface area (TPSA) is 53.1 Å². The fourth-order valence-electron chi connectivity index (χ4n) is 4.18. The van der Waals surface area contributed by atoms with Crippen molar-refractivity contribution in [1.82, 2.24) is 9.80 Å². The number of carbonyl (C=O) groups is 2. The van der Waals surface area contributed by atoms with E-state index in [1.807, 2.05) is 24.4 Å². The molecular weight excluding hydrogens is 410 g/mol. The number of aryl methyl sites for hydroxylation is 1. The Bertz CT molecular complexity index is 962. The molecule has 0 atom stereocenters. The maximum absolute atomic E-state index is 13.3. The van der Waals surface area contributed by atoms with E-state index in [0.29, 0.717) is 50.5 Å². The molecule has 2 aromatic rings. The summed E-state index contributed by atoms with van der Waals surface area (Å²) < 4.78 is 5.39. The molecule has 3 heterocycles. The van der Waals surface area contributed by atoms with Crippen molar-refractivity contribution in [3.63, 3.8) is 0 Å². The van der Waals surface area contributed by atoms with E-state index in [2.05, 4.69) is 41.0 Å². The molecule has 0 aliphatic carbocycles. The van der Waals surface area contributed by atoms with Gasteiger partial charge < -0.3 is 14.5 Å². The van der Waals surface area contributed by atoms with Gasteiger partial charge in [-0.25, -0.2) is 0 Å². The van der Waals surface area contributed by atoms with Crippen LogP contribution in [-0.2, 0) is 14.3 Å². The molecule has 4 rings (SSSR count). The predicted octanol–water partition coefficient (Wildman–Crippen LogP) is 3.39. The molecule has 1 fully saturated rings. The van der Waals surface area contributed by atoms with E-state index in [4.69, 9.17) is 4.74 Å². The van der Waals surface area contributed by atoms with Gasteiger partial charge >= 0.3 is 0 Å². The summed E-state index contributed by atoms with van der Waals surface area (Å²) in [5, 5.41) is 1.95. The van der Waals surface area contributed by atoms with Crippen LogP contribution in [0.25, 0.3) is 5.57 Å². The van der Waals surface area contributed by atoms with Gasteiger partial charge in [0.25, 0.3) is 11.8 Å². The summed E-state index contributed by atoms with van der Waals surface area (Å²) in [7, 11) is 0. The maximum atomic E-state index is 13.3. The van der Waals surface area contributed by atoms with E-state index < -0.39 is 0 Å². The number of hydrogen-bond donors (Lipinski definition) is 0. The third-order valence-electron chi connectivity index (χ3n) is 5.75. The molecule has 1 aromatic carbocycles. The summed E-state index contributed by atoms with van der Waals surface area (Å²) in [6, 6.07) is 12.3. The van der Waals surface area contributed by atoms with Crippen molar-refractivity contribution in [3.8, 4) is 0 Å². The Kier molecular flexibility index (Phi) is 6.73. The van der Waals surface area contributed by atoms with Crippen molar-refractivity contribution in [2.75, 3.05) is 50.8 Å². The normalized spacial score (nSPS) is 17.3. The van der Waals surface area contributed by atoms with Gasteiger partial charge in [0.1, 0.15) is 5.70 Å². The number of piperazine rings is 1. The van der Waals surface area contributed by atoms with Crippen LogP contribution in [0, 0.1) is 6.92 Å². The van der Waals surface area contributed by atoms with Crippen LogP contribution in [0.15, 0.2) is 47.5 Å². The van der Waals surface area contributed by atoms with Crippen molar-refractivity contribution in [2.24, 2.45) is 0 Å².